The fraction of sp³-hybridized carbons (Fsp3) is 0.786. The number of aliphatic hydroxyl groups excluding tert-OH is 1. The molecule has 1 unspecified atom stereocenters. The third-order valence-corrected chi connectivity index (χ3v) is 4.39. The van der Waals surface area contributed by atoms with E-state index in [4.69, 9.17) is 0 Å². The van der Waals surface area contributed by atoms with E-state index in [1.165, 1.54) is 12.8 Å². The zero-order chi connectivity index (χ0) is 13.2. The Morgan fingerprint density at radius 2 is 2.00 bits per heavy atom. The molecule has 4 nitrogen and oxygen atoms in total. The molecule has 4 heteroatoms. The molecule has 1 heterocycles. The van der Waals surface area contributed by atoms with E-state index in [-0.39, 0.29) is 5.54 Å². The predicted octanol–water partition coefficient (Wildman–Crippen LogP) is 2.11. The van der Waals surface area contributed by atoms with Gasteiger partial charge in [0.25, 0.3) is 0 Å². The van der Waals surface area contributed by atoms with Crippen molar-refractivity contribution >= 4 is 0 Å². The highest BCUT2D eigenvalue weighted by molar-refractivity contribution is 5.13. The molecule has 1 aromatic rings. The molecule has 1 atom stereocenters. The summed E-state index contributed by atoms with van der Waals surface area (Å²) >= 11 is 0. The van der Waals surface area contributed by atoms with Crippen molar-refractivity contribution in [1.82, 2.24) is 14.7 Å². The van der Waals surface area contributed by atoms with Gasteiger partial charge in [-0.25, -0.2) is 0 Å². The fourth-order valence-corrected chi connectivity index (χ4v) is 3.46. The van der Waals surface area contributed by atoms with E-state index in [0.717, 1.165) is 31.6 Å². The van der Waals surface area contributed by atoms with Crippen molar-refractivity contribution in [2.45, 2.75) is 51.2 Å². The van der Waals surface area contributed by atoms with Crippen LogP contribution in [0.25, 0.3) is 0 Å². The van der Waals surface area contributed by atoms with Crippen molar-refractivity contribution in [2.75, 3.05) is 13.1 Å². The maximum Gasteiger partial charge on any atom is 0.116 e. The quantitative estimate of drug-likeness (QED) is 0.871. The fourth-order valence-electron chi connectivity index (χ4n) is 3.46. The Balaban J connectivity index is 2.29. The number of nitrogens with zero attached hydrogens (tertiary/aromatic N) is 3. The topological polar surface area (TPSA) is 41.3 Å². The van der Waals surface area contributed by atoms with Gasteiger partial charge in [0.1, 0.15) is 6.10 Å². The van der Waals surface area contributed by atoms with Gasteiger partial charge in [-0.2, -0.15) is 5.10 Å². The molecule has 0 aliphatic heterocycles. The highest BCUT2D eigenvalue weighted by atomic mass is 16.3. The maximum absolute atomic E-state index is 10.8. The SMILES string of the molecule is CCN(CC)C1(C(O)c2ccn(C)n2)CCCC1. The minimum Gasteiger partial charge on any atom is -0.385 e. The molecule has 18 heavy (non-hydrogen) atoms. The van der Waals surface area contributed by atoms with Crippen molar-refractivity contribution in [3.05, 3.63) is 18.0 Å². The summed E-state index contributed by atoms with van der Waals surface area (Å²) in [6, 6.07) is 1.94. The average Bonchev–Trinajstić information content (AvgIpc) is 3.00. The van der Waals surface area contributed by atoms with E-state index in [1.807, 2.05) is 19.3 Å². The van der Waals surface area contributed by atoms with Gasteiger partial charge in [0.2, 0.25) is 0 Å². The number of aliphatic hydroxyl groups is 1. The number of hydrogen-bond acceptors (Lipinski definition) is 3. The van der Waals surface area contributed by atoms with E-state index >= 15 is 0 Å². The summed E-state index contributed by atoms with van der Waals surface area (Å²) in [5, 5.41) is 15.2. The molecule has 102 valence electrons. The van der Waals surface area contributed by atoms with Crippen LogP contribution < -0.4 is 0 Å². The van der Waals surface area contributed by atoms with E-state index in [1.54, 1.807) is 4.68 Å². The van der Waals surface area contributed by atoms with Gasteiger partial charge in [-0.15, -0.1) is 0 Å². The summed E-state index contributed by atoms with van der Waals surface area (Å²) in [7, 11) is 1.90. The van der Waals surface area contributed by atoms with Gasteiger partial charge < -0.3 is 5.11 Å². The van der Waals surface area contributed by atoms with Crippen LogP contribution in [-0.4, -0.2) is 38.4 Å². The van der Waals surface area contributed by atoms with Crippen LogP contribution >= 0.6 is 0 Å². The first-order valence-electron chi connectivity index (χ1n) is 7.06. The predicted molar refractivity (Wildman–Crippen MR) is 72.3 cm³/mol. The molecule has 1 aliphatic carbocycles. The van der Waals surface area contributed by atoms with Crippen molar-refractivity contribution in [2.24, 2.45) is 7.05 Å². The molecule has 0 radical (unpaired) electrons. The number of rotatable bonds is 5. The van der Waals surface area contributed by atoms with Crippen LogP contribution in [0.5, 0.6) is 0 Å². The second kappa shape index (κ2) is 5.41. The van der Waals surface area contributed by atoms with Gasteiger partial charge in [-0.05, 0) is 32.0 Å². The van der Waals surface area contributed by atoms with Crippen molar-refractivity contribution in [1.29, 1.82) is 0 Å². The van der Waals surface area contributed by atoms with Crippen LogP contribution in [-0.2, 0) is 7.05 Å². The number of aryl methyl sites for hydroxylation is 1. The van der Waals surface area contributed by atoms with Crippen molar-refractivity contribution in [3.8, 4) is 0 Å². The lowest BCUT2D eigenvalue weighted by Crippen LogP contribution is -2.51. The summed E-state index contributed by atoms with van der Waals surface area (Å²) in [5.41, 5.74) is 0.712. The molecule has 0 spiro atoms. The Hall–Kier alpha value is -0.870. The van der Waals surface area contributed by atoms with Crippen LogP contribution in [0.15, 0.2) is 12.3 Å². The lowest BCUT2D eigenvalue weighted by atomic mass is 9.86. The van der Waals surface area contributed by atoms with Gasteiger partial charge in [0, 0.05) is 13.2 Å². The Bertz CT molecular complexity index is 378. The van der Waals surface area contributed by atoms with Gasteiger partial charge in [0.15, 0.2) is 0 Å². The van der Waals surface area contributed by atoms with E-state index < -0.39 is 6.10 Å². The molecule has 1 saturated carbocycles. The second-order valence-electron chi connectivity index (χ2n) is 5.30. The maximum atomic E-state index is 10.8. The van der Waals surface area contributed by atoms with Crippen LogP contribution in [0.4, 0.5) is 0 Å². The molecule has 1 fully saturated rings. The van der Waals surface area contributed by atoms with Crippen LogP contribution in [0.2, 0.25) is 0 Å². The molecule has 0 amide bonds. The van der Waals surface area contributed by atoms with Gasteiger partial charge in [-0.1, -0.05) is 26.7 Å². The Morgan fingerprint density at radius 3 is 2.44 bits per heavy atom. The average molecular weight is 251 g/mol. The first kappa shape index (κ1) is 13.6. The minimum absolute atomic E-state index is 0.0994. The molecule has 2 rings (SSSR count). The zero-order valence-electron chi connectivity index (χ0n) is 11.8. The second-order valence-corrected chi connectivity index (χ2v) is 5.30. The van der Waals surface area contributed by atoms with Gasteiger partial charge >= 0.3 is 0 Å². The molecular formula is C14H25N3O. The van der Waals surface area contributed by atoms with E-state index in [9.17, 15) is 5.11 Å². The van der Waals surface area contributed by atoms with Gasteiger partial charge in [0.05, 0.1) is 11.2 Å². The molecule has 0 saturated heterocycles. The van der Waals surface area contributed by atoms with Gasteiger partial charge in [-0.3, -0.25) is 9.58 Å². The zero-order valence-corrected chi connectivity index (χ0v) is 11.8. The lowest BCUT2D eigenvalue weighted by molar-refractivity contribution is -0.0292. The summed E-state index contributed by atoms with van der Waals surface area (Å²) in [5.74, 6) is 0. The molecule has 1 aliphatic rings. The standard InChI is InChI=1S/C14H25N3O/c1-4-17(5-2)14(9-6-7-10-14)13(18)12-8-11-16(3)15-12/h8,11,13,18H,4-7,9-10H2,1-3H3. The van der Waals surface area contributed by atoms with E-state index in [0.29, 0.717) is 0 Å². The summed E-state index contributed by atoms with van der Waals surface area (Å²) in [4.78, 5) is 2.42. The van der Waals surface area contributed by atoms with E-state index in [2.05, 4.69) is 23.8 Å². The van der Waals surface area contributed by atoms with Crippen LogP contribution in [0.3, 0.4) is 0 Å². The minimum atomic E-state index is -0.471. The Labute approximate surface area is 110 Å². The molecule has 1 aromatic heterocycles. The highest BCUT2D eigenvalue weighted by Crippen LogP contribution is 2.43. The number of aromatic nitrogens is 2. The monoisotopic (exact) mass is 251 g/mol. The Kier molecular flexibility index (Phi) is 4.07. The Morgan fingerprint density at radius 1 is 1.39 bits per heavy atom. The van der Waals surface area contributed by atoms with Crippen LogP contribution in [0, 0.1) is 0 Å². The first-order chi connectivity index (χ1) is 8.64. The van der Waals surface area contributed by atoms with Crippen molar-refractivity contribution < 1.29 is 5.11 Å². The molecule has 0 bridgehead atoms. The first-order valence-corrected chi connectivity index (χ1v) is 7.06. The van der Waals surface area contributed by atoms with Crippen LogP contribution in [0.1, 0.15) is 51.3 Å². The summed E-state index contributed by atoms with van der Waals surface area (Å²) in [6.07, 6.45) is 6.00. The third-order valence-electron chi connectivity index (χ3n) is 4.39. The highest BCUT2D eigenvalue weighted by Gasteiger charge is 2.45. The van der Waals surface area contributed by atoms with Crippen molar-refractivity contribution in [3.63, 3.8) is 0 Å². The lowest BCUT2D eigenvalue weighted by Gasteiger charge is -2.43. The summed E-state index contributed by atoms with van der Waals surface area (Å²) < 4.78 is 1.77. The molecular weight excluding hydrogens is 226 g/mol. The number of hydrogen-bond donors (Lipinski definition) is 1. The third kappa shape index (κ3) is 2.19. The largest absolute Gasteiger partial charge is 0.385 e. The smallest absolute Gasteiger partial charge is 0.116 e. The summed E-state index contributed by atoms with van der Waals surface area (Å²) in [6.45, 7) is 6.32. The molecule has 1 N–H and O–H groups in total. The number of likely N-dealkylation sites (N-methyl/N-ethyl adjacent to an activating group) is 1. The normalized spacial score (nSPS) is 20.5. The molecule has 0 aromatic carbocycles.